The molecule has 0 aliphatic carbocycles. The number of nitrogens with one attached hydrogen (secondary N) is 1. The first-order valence-corrected chi connectivity index (χ1v) is 17.3. The fourth-order valence-corrected chi connectivity index (χ4v) is 7.51. The Labute approximate surface area is 294 Å². The highest BCUT2D eigenvalue weighted by Gasteiger charge is 2.24. The summed E-state index contributed by atoms with van der Waals surface area (Å²) in [4.78, 5) is 10.5. The number of aromatic nitrogens is 1. The van der Waals surface area contributed by atoms with Gasteiger partial charge in [-0.15, -0.1) is 0 Å². The lowest BCUT2D eigenvalue weighted by Crippen LogP contribution is -2.36. The Kier molecular flexibility index (Phi) is 6.88. The van der Waals surface area contributed by atoms with Crippen molar-refractivity contribution in [3.8, 4) is 11.1 Å². The van der Waals surface area contributed by atoms with Crippen molar-refractivity contribution in [2.45, 2.75) is 12.7 Å². The molecule has 0 amide bonds. The van der Waals surface area contributed by atoms with Gasteiger partial charge in [-0.1, -0.05) is 146 Å². The summed E-state index contributed by atoms with van der Waals surface area (Å²) in [6.07, 6.45) is -0.434. The Balaban J connectivity index is 1.10. The van der Waals surface area contributed by atoms with Crippen LogP contribution in [0.15, 0.2) is 184 Å². The average Bonchev–Trinajstić information content (AvgIpc) is 3.74. The van der Waals surface area contributed by atoms with E-state index in [1.807, 2.05) is 36.4 Å². The first kappa shape index (κ1) is 29.2. The van der Waals surface area contributed by atoms with Gasteiger partial charge in [0.25, 0.3) is 0 Å². The van der Waals surface area contributed by atoms with Crippen LogP contribution in [0.3, 0.4) is 0 Å². The molecule has 1 aliphatic heterocycles. The summed E-state index contributed by atoms with van der Waals surface area (Å²) in [5.74, 6) is 1.60. The lowest BCUT2D eigenvalue weighted by atomic mass is 10.0. The second kappa shape index (κ2) is 12.0. The summed E-state index contributed by atoms with van der Waals surface area (Å²) < 4.78 is 8.95. The van der Waals surface area contributed by atoms with Crippen LogP contribution in [0.25, 0.3) is 54.9 Å². The van der Waals surface area contributed by atoms with Crippen LogP contribution in [0.2, 0.25) is 0 Å². The number of para-hydroxylation sites is 2. The molecule has 9 aromatic rings. The molecule has 5 nitrogen and oxygen atoms in total. The van der Waals surface area contributed by atoms with Crippen LogP contribution < -0.4 is 5.32 Å². The number of hydrogen-bond donors (Lipinski definition) is 1. The van der Waals surface area contributed by atoms with Crippen molar-refractivity contribution in [3.05, 3.63) is 192 Å². The number of nitrogens with zero attached hydrogens (tertiary/aromatic N) is 3. The largest absolute Gasteiger partial charge is 0.455 e. The molecule has 0 bridgehead atoms. The van der Waals surface area contributed by atoms with Crippen molar-refractivity contribution in [1.82, 2.24) is 9.88 Å². The van der Waals surface area contributed by atoms with E-state index in [9.17, 15) is 0 Å². The molecule has 1 N–H and O–H groups in total. The van der Waals surface area contributed by atoms with E-state index in [1.165, 1.54) is 16.5 Å². The molecule has 0 spiro atoms. The number of amidine groups is 2. The first-order chi connectivity index (χ1) is 25.3. The van der Waals surface area contributed by atoms with Gasteiger partial charge in [-0.25, -0.2) is 9.98 Å². The zero-order valence-corrected chi connectivity index (χ0v) is 27.7. The third kappa shape index (κ3) is 5.01. The van der Waals surface area contributed by atoms with Crippen molar-refractivity contribution >= 4 is 55.4 Å². The lowest BCUT2D eigenvalue weighted by molar-refractivity contribution is 0.673. The van der Waals surface area contributed by atoms with Gasteiger partial charge in [-0.3, -0.25) is 0 Å². The molecule has 0 saturated heterocycles. The molecular formula is C46H32N4O. The van der Waals surface area contributed by atoms with Gasteiger partial charge in [0.05, 0.1) is 10.9 Å². The quantitative estimate of drug-likeness (QED) is 0.194. The summed E-state index contributed by atoms with van der Waals surface area (Å²) >= 11 is 0. The summed E-state index contributed by atoms with van der Waals surface area (Å²) in [6.45, 7) is 0.655. The highest BCUT2D eigenvalue weighted by Crippen LogP contribution is 2.40. The van der Waals surface area contributed by atoms with Gasteiger partial charge in [0.1, 0.15) is 22.8 Å². The predicted molar refractivity (Wildman–Crippen MR) is 210 cm³/mol. The van der Waals surface area contributed by atoms with Crippen molar-refractivity contribution in [1.29, 1.82) is 0 Å². The summed E-state index contributed by atoms with van der Waals surface area (Å²) in [6, 6.07) is 59.3. The summed E-state index contributed by atoms with van der Waals surface area (Å²) in [7, 11) is 0. The number of rotatable bonds is 6. The molecule has 0 saturated carbocycles. The molecule has 1 unspecified atom stereocenters. The number of furan rings is 1. The van der Waals surface area contributed by atoms with Gasteiger partial charge in [0.15, 0.2) is 6.17 Å². The minimum absolute atomic E-state index is 0.434. The Morgan fingerprint density at radius 2 is 1.08 bits per heavy atom. The maximum atomic E-state index is 6.54. The third-order valence-corrected chi connectivity index (χ3v) is 9.99. The number of benzene rings is 7. The lowest BCUT2D eigenvalue weighted by Gasteiger charge is -2.24. The van der Waals surface area contributed by atoms with E-state index in [2.05, 4.69) is 143 Å². The average molecular weight is 657 g/mol. The highest BCUT2D eigenvalue weighted by molar-refractivity contribution is 6.23. The molecule has 51 heavy (non-hydrogen) atoms. The Bertz CT molecular complexity index is 2790. The predicted octanol–water partition coefficient (Wildman–Crippen LogP) is 10.9. The molecule has 1 aliphatic rings. The fourth-order valence-electron chi connectivity index (χ4n) is 7.51. The van der Waals surface area contributed by atoms with E-state index in [4.69, 9.17) is 14.4 Å². The molecular weight excluding hydrogens is 625 g/mol. The molecule has 0 fully saturated rings. The molecule has 2 aromatic heterocycles. The fraction of sp³-hybridized carbons (Fsp3) is 0.0435. The smallest absolute Gasteiger partial charge is 0.170 e. The summed E-state index contributed by atoms with van der Waals surface area (Å²) in [5, 5.41) is 8.17. The maximum Gasteiger partial charge on any atom is 0.170 e. The Morgan fingerprint density at radius 3 is 1.86 bits per heavy atom. The standard InChI is InChI=1S/C46H32N4O/c1-3-13-30(14-4-1)31-23-25-33(26-24-31)45-47-44(32-15-5-2-6-16-32)48-46(49-45)35-18-8-7-17-34(35)29-50-39-21-11-9-20-38(39)42-40(50)28-27-37-36-19-10-12-22-41(36)51-43(37)42/h1-28,46H,29H2,(H,47,48,49). The number of hydrogen-bond acceptors (Lipinski definition) is 4. The highest BCUT2D eigenvalue weighted by atomic mass is 16.3. The minimum Gasteiger partial charge on any atom is -0.455 e. The van der Waals surface area contributed by atoms with E-state index >= 15 is 0 Å². The Morgan fingerprint density at radius 1 is 0.490 bits per heavy atom. The molecule has 3 heterocycles. The first-order valence-electron chi connectivity index (χ1n) is 17.3. The summed E-state index contributed by atoms with van der Waals surface area (Å²) in [5.41, 5.74) is 10.8. The molecule has 1 atom stereocenters. The minimum atomic E-state index is -0.434. The molecule has 7 aromatic carbocycles. The normalized spacial score (nSPS) is 14.5. The number of aliphatic imine (C=N–C) groups is 2. The van der Waals surface area contributed by atoms with Crippen molar-refractivity contribution < 1.29 is 4.42 Å². The van der Waals surface area contributed by atoms with Crippen LogP contribution in [0.4, 0.5) is 0 Å². The number of fused-ring (bicyclic) bond motifs is 7. The van der Waals surface area contributed by atoms with E-state index in [-0.39, 0.29) is 0 Å². The van der Waals surface area contributed by atoms with Crippen LogP contribution in [-0.4, -0.2) is 16.2 Å². The van der Waals surface area contributed by atoms with Crippen LogP contribution in [0.5, 0.6) is 0 Å². The topological polar surface area (TPSA) is 54.8 Å². The van der Waals surface area contributed by atoms with Gasteiger partial charge in [-0.2, -0.15) is 0 Å². The van der Waals surface area contributed by atoms with Crippen molar-refractivity contribution in [2.24, 2.45) is 9.98 Å². The zero-order chi connectivity index (χ0) is 33.7. The molecule has 242 valence electrons. The van der Waals surface area contributed by atoms with Crippen molar-refractivity contribution in [2.75, 3.05) is 0 Å². The van der Waals surface area contributed by atoms with E-state index in [1.54, 1.807) is 0 Å². The molecule has 10 rings (SSSR count). The van der Waals surface area contributed by atoms with Crippen LogP contribution in [-0.2, 0) is 6.54 Å². The zero-order valence-electron chi connectivity index (χ0n) is 27.7. The van der Waals surface area contributed by atoms with E-state index in [0.29, 0.717) is 6.54 Å². The van der Waals surface area contributed by atoms with Crippen molar-refractivity contribution in [3.63, 3.8) is 0 Å². The van der Waals surface area contributed by atoms with Gasteiger partial charge in [0, 0.05) is 44.9 Å². The monoisotopic (exact) mass is 656 g/mol. The van der Waals surface area contributed by atoms with Gasteiger partial charge >= 0.3 is 0 Å². The Hall–Kier alpha value is -6.72. The second-order valence-corrected chi connectivity index (χ2v) is 13.0. The van der Waals surface area contributed by atoms with Crippen LogP contribution in [0, 0.1) is 0 Å². The van der Waals surface area contributed by atoms with E-state index in [0.717, 1.165) is 72.3 Å². The van der Waals surface area contributed by atoms with E-state index < -0.39 is 6.17 Å². The second-order valence-electron chi connectivity index (χ2n) is 13.0. The van der Waals surface area contributed by atoms with Crippen LogP contribution in [0.1, 0.15) is 28.4 Å². The maximum absolute atomic E-state index is 6.54. The SMILES string of the molecule is c1ccc(C2=NC(c3ccccc3Cn3c4ccccc4c4c5oc6ccccc6c5ccc43)N=C(c3ccc(-c4ccccc4)cc3)N2)cc1. The van der Waals surface area contributed by atoms with Gasteiger partial charge in [0.2, 0.25) is 0 Å². The molecule has 5 heteroatoms. The van der Waals surface area contributed by atoms with Crippen LogP contribution >= 0.6 is 0 Å². The van der Waals surface area contributed by atoms with Gasteiger partial charge in [-0.05, 0) is 41.0 Å². The van der Waals surface area contributed by atoms with Gasteiger partial charge < -0.3 is 14.3 Å². The third-order valence-electron chi connectivity index (χ3n) is 9.99. The molecule has 0 radical (unpaired) electrons.